The average molecular weight is 250 g/mol. The van der Waals surface area contributed by atoms with Crippen LogP contribution in [0.3, 0.4) is 0 Å². The number of hydrogen-bond acceptors (Lipinski definition) is 4. The van der Waals surface area contributed by atoms with Crippen LogP contribution in [0.15, 0.2) is 36.4 Å². The Morgan fingerprint density at radius 2 is 1.94 bits per heavy atom. The third-order valence-electron chi connectivity index (χ3n) is 2.16. The van der Waals surface area contributed by atoms with E-state index in [1.54, 1.807) is 12.1 Å². The first-order valence-corrected chi connectivity index (χ1v) is 5.47. The molecule has 0 spiro atoms. The molecule has 88 valence electrons. The Kier molecular flexibility index (Phi) is 3.44. The first-order valence-electron chi connectivity index (χ1n) is 5.09. The summed E-state index contributed by atoms with van der Waals surface area (Å²) >= 11 is 5.65. The smallest absolute Gasteiger partial charge is 0.238 e. The molecular formula is C12H12ClN3O. The van der Waals surface area contributed by atoms with Gasteiger partial charge in [-0.25, -0.2) is 0 Å². The van der Waals surface area contributed by atoms with Gasteiger partial charge in [0.1, 0.15) is 5.75 Å². The zero-order chi connectivity index (χ0) is 12.3. The lowest BCUT2D eigenvalue weighted by molar-refractivity contribution is 0.455. The van der Waals surface area contributed by atoms with Crippen LogP contribution >= 0.6 is 11.6 Å². The van der Waals surface area contributed by atoms with Crippen molar-refractivity contribution in [1.82, 2.24) is 10.2 Å². The van der Waals surface area contributed by atoms with Crippen LogP contribution in [0.5, 0.6) is 11.6 Å². The molecule has 2 rings (SSSR count). The minimum absolute atomic E-state index is 0.347. The molecule has 0 aliphatic carbocycles. The second kappa shape index (κ2) is 5.01. The first-order chi connectivity index (χ1) is 8.15. The van der Waals surface area contributed by atoms with Gasteiger partial charge in [0.25, 0.3) is 0 Å². The molecule has 0 bridgehead atoms. The Morgan fingerprint density at radius 1 is 1.12 bits per heavy atom. The largest absolute Gasteiger partial charge is 0.437 e. The molecule has 0 amide bonds. The second-order valence-electron chi connectivity index (χ2n) is 3.69. The Bertz CT molecular complexity index is 499. The van der Waals surface area contributed by atoms with Crippen molar-refractivity contribution in [1.29, 1.82) is 0 Å². The first kappa shape index (κ1) is 11.7. The van der Waals surface area contributed by atoms with E-state index in [4.69, 9.17) is 16.3 Å². The lowest BCUT2D eigenvalue weighted by Crippen LogP contribution is -2.08. The van der Waals surface area contributed by atoms with Crippen LogP contribution in [0.4, 0.5) is 5.69 Å². The van der Waals surface area contributed by atoms with Gasteiger partial charge in [-0.1, -0.05) is 17.7 Å². The number of nitrogens with zero attached hydrogens (tertiary/aromatic N) is 3. The molecule has 0 aliphatic rings. The van der Waals surface area contributed by atoms with Crippen LogP contribution in [0, 0.1) is 0 Å². The fourth-order valence-electron chi connectivity index (χ4n) is 1.30. The third-order valence-corrected chi connectivity index (χ3v) is 2.37. The maximum absolute atomic E-state index is 5.65. The zero-order valence-corrected chi connectivity index (χ0v) is 10.3. The fourth-order valence-corrected chi connectivity index (χ4v) is 1.40. The average Bonchev–Trinajstić information content (AvgIpc) is 2.32. The van der Waals surface area contributed by atoms with Crippen molar-refractivity contribution in [2.75, 3.05) is 19.0 Å². The number of aromatic nitrogens is 2. The van der Waals surface area contributed by atoms with Crippen molar-refractivity contribution in [2.45, 2.75) is 0 Å². The van der Waals surface area contributed by atoms with Gasteiger partial charge in [-0.15, -0.1) is 10.2 Å². The summed E-state index contributed by atoms with van der Waals surface area (Å²) in [4.78, 5) is 2.00. The highest BCUT2D eigenvalue weighted by atomic mass is 35.5. The van der Waals surface area contributed by atoms with Crippen LogP contribution in [0.2, 0.25) is 5.15 Å². The summed E-state index contributed by atoms with van der Waals surface area (Å²) in [5.74, 6) is 1.14. The van der Waals surface area contributed by atoms with Gasteiger partial charge in [-0.2, -0.15) is 0 Å². The maximum Gasteiger partial charge on any atom is 0.238 e. The molecule has 1 heterocycles. The standard InChI is InChI=1S/C12H12ClN3O/c1-16(2)9-4-3-5-10(8-9)17-12-7-6-11(13)14-15-12/h3-8H,1-2H3. The summed E-state index contributed by atoms with van der Waals surface area (Å²) in [7, 11) is 3.95. The van der Waals surface area contributed by atoms with E-state index < -0.39 is 0 Å². The van der Waals surface area contributed by atoms with Crippen molar-refractivity contribution in [3.8, 4) is 11.6 Å². The molecule has 0 radical (unpaired) electrons. The quantitative estimate of drug-likeness (QED) is 0.838. The van der Waals surface area contributed by atoms with Gasteiger partial charge in [0.2, 0.25) is 5.88 Å². The van der Waals surface area contributed by atoms with Gasteiger partial charge >= 0.3 is 0 Å². The molecular weight excluding hydrogens is 238 g/mol. The number of rotatable bonds is 3. The molecule has 1 aromatic heterocycles. The van der Waals surface area contributed by atoms with Crippen LogP contribution in [0.1, 0.15) is 0 Å². The Balaban J connectivity index is 2.18. The molecule has 0 N–H and O–H groups in total. The Labute approximate surface area is 105 Å². The molecule has 0 saturated carbocycles. The molecule has 5 heteroatoms. The van der Waals surface area contributed by atoms with Crippen molar-refractivity contribution in [3.05, 3.63) is 41.6 Å². The normalized spacial score (nSPS) is 10.1. The van der Waals surface area contributed by atoms with Crippen molar-refractivity contribution < 1.29 is 4.74 Å². The van der Waals surface area contributed by atoms with E-state index in [-0.39, 0.29) is 0 Å². The summed E-state index contributed by atoms with van der Waals surface area (Å²) in [6.45, 7) is 0. The monoisotopic (exact) mass is 249 g/mol. The van der Waals surface area contributed by atoms with E-state index in [1.165, 1.54) is 0 Å². The predicted molar refractivity (Wildman–Crippen MR) is 67.9 cm³/mol. The lowest BCUT2D eigenvalue weighted by atomic mass is 10.3. The number of hydrogen-bond donors (Lipinski definition) is 0. The molecule has 1 aromatic carbocycles. The van der Waals surface area contributed by atoms with E-state index in [0.717, 1.165) is 5.69 Å². The summed E-state index contributed by atoms with van der Waals surface area (Å²) < 4.78 is 5.57. The zero-order valence-electron chi connectivity index (χ0n) is 9.59. The van der Waals surface area contributed by atoms with Crippen LogP contribution in [-0.2, 0) is 0 Å². The molecule has 0 fully saturated rings. The summed E-state index contributed by atoms with van der Waals surface area (Å²) in [6.07, 6.45) is 0. The molecule has 0 saturated heterocycles. The SMILES string of the molecule is CN(C)c1cccc(Oc2ccc(Cl)nn2)c1. The number of halogens is 1. The topological polar surface area (TPSA) is 38.2 Å². The van der Waals surface area contributed by atoms with E-state index in [9.17, 15) is 0 Å². The highest BCUT2D eigenvalue weighted by molar-refractivity contribution is 6.29. The Morgan fingerprint density at radius 3 is 2.59 bits per heavy atom. The summed E-state index contributed by atoms with van der Waals surface area (Å²) in [5, 5.41) is 7.89. The van der Waals surface area contributed by atoms with Gasteiger partial charge in [-0.3, -0.25) is 0 Å². The third kappa shape index (κ3) is 3.07. The summed E-state index contributed by atoms with van der Waals surface area (Å²) in [5.41, 5.74) is 1.06. The van der Waals surface area contributed by atoms with Gasteiger partial charge in [-0.05, 0) is 18.2 Å². The minimum atomic E-state index is 0.347. The van der Waals surface area contributed by atoms with Gasteiger partial charge in [0.05, 0.1) is 0 Å². The van der Waals surface area contributed by atoms with Gasteiger partial charge in [0.15, 0.2) is 5.15 Å². The maximum atomic E-state index is 5.65. The highest BCUT2D eigenvalue weighted by Gasteiger charge is 2.01. The van der Waals surface area contributed by atoms with Crippen LogP contribution in [0.25, 0.3) is 0 Å². The van der Waals surface area contributed by atoms with E-state index in [1.807, 2.05) is 43.3 Å². The van der Waals surface area contributed by atoms with Crippen molar-refractivity contribution in [2.24, 2.45) is 0 Å². The predicted octanol–water partition coefficient (Wildman–Crippen LogP) is 2.99. The number of ether oxygens (including phenoxy) is 1. The van der Waals surface area contributed by atoms with Crippen LogP contribution in [-0.4, -0.2) is 24.3 Å². The van der Waals surface area contributed by atoms with Crippen molar-refractivity contribution in [3.63, 3.8) is 0 Å². The fraction of sp³-hybridized carbons (Fsp3) is 0.167. The highest BCUT2D eigenvalue weighted by Crippen LogP contribution is 2.23. The van der Waals surface area contributed by atoms with E-state index in [0.29, 0.717) is 16.8 Å². The number of benzene rings is 1. The molecule has 17 heavy (non-hydrogen) atoms. The lowest BCUT2D eigenvalue weighted by Gasteiger charge is -2.13. The van der Waals surface area contributed by atoms with Gasteiger partial charge < -0.3 is 9.64 Å². The molecule has 0 unspecified atom stereocenters. The minimum Gasteiger partial charge on any atom is -0.437 e. The van der Waals surface area contributed by atoms with Gasteiger partial charge in [0, 0.05) is 31.9 Å². The van der Waals surface area contributed by atoms with Crippen molar-refractivity contribution >= 4 is 17.3 Å². The molecule has 4 nitrogen and oxygen atoms in total. The summed E-state index contributed by atoms with van der Waals surface area (Å²) in [6, 6.07) is 11.0. The van der Waals surface area contributed by atoms with E-state index in [2.05, 4.69) is 10.2 Å². The molecule has 2 aromatic rings. The van der Waals surface area contributed by atoms with Crippen LogP contribution < -0.4 is 9.64 Å². The molecule has 0 aliphatic heterocycles. The van der Waals surface area contributed by atoms with E-state index >= 15 is 0 Å². The second-order valence-corrected chi connectivity index (χ2v) is 4.08. The molecule has 0 atom stereocenters. The number of anilines is 1. The Hall–Kier alpha value is -1.81.